The molecule has 0 N–H and O–H groups in total. The smallest absolute Gasteiger partial charge is 0.258 e. The second-order valence-electron chi connectivity index (χ2n) is 7.04. The lowest BCUT2D eigenvalue weighted by molar-refractivity contribution is 0.319. The van der Waals surface area contributed by atoms with Gasteiger partial charge in [0, 0.05) is 36.7 Å². The molecule has 0 amide bonds. The lowest BCUT2D eigenvalue weighted by Crippen LogP contribution is -2.18. The minimum atomic E-state index is 0.0257. The van der Waals surface area contributed by atoms with Crippen LogP contribution < -0.4 is 15.9 Å². The maximum atomic E-state index is 12.1. The highest BCUT2D eigenvalue weighted by molar-refractivity contribution is 6.17. The number of alkyl halides is 1. The molecule has 2 aromatic heterocycles. The third kappa shape index (κ3) is 5.36. The number of halogens is 1. The second-order valence-corrected chi connectivity index (χ2v) is 7.42. The minimum absolute atomic E-state index is 0.0257. The highest BCUT2D eigenvalue weighted by Crippen LogP contribution is 2.18. The van der Waals surface area contributed by atoms with E-state index in [-0.39, 0.29) is 11.1 Å². The van der Waals surface area contributed by atoms with Crippen molar-refractivity contribution in [1.29, 1.82) is 0 Å². The molecule has 31 heavy (non-hydrogen) atoms. The molecule has 0 aliphatic heterocycles. The van der Waals surface area contributed by atoms with E-state index >= 15 is 0 Å². The van der Waals surface area contributed by atoms with Crippen molar-refractivity contribution in [1.82, 2.24) is 9.13 Å². The van der Waals surface area contributed by atoms with Gasteiger partial charge in [0.2, 0.25) is 0 Å². The van der Waals surface area contributed by atoms with Crippen molar-refractivity contribution in [3.8, 4) is 5.75 Å². The van der Waals surface area contributed by atoms with Gasteiger partial charge in [0.1, 0.15) is 5.75 Å². The van der Waals surface area contributed by atoms with Gasteiger partial charge in [-0.3, -0.25) is 9.59 Å². The Hall–Kier alpha value is -3.05. The number of ether oxygens (including phenoxy) is 1. The SMILES string of the molecule is CCn1ccc2ccc(OCCCCl)cc2c1=O.CCn1ccc2ccccc2c1=O. The maximum absolute atomic E-state index is 12.1. The van der Waals surface area contributed by atoms with Gasteiger partial charge in [-0.15, -0.1) is 11.6 Å². The van der Waals surface area contributed by atoms with E-state index < -0.39 is 0 Å². The molecule has 0 unspecified atom stereocenters. The highest BCUT2D eigenvalue weighted by atomic mass is 35.5. The fourth-order valence-corrected chi connectivity index (χ4v) is 3.43. The number of rotatable bonds is 6. The highest BCUT2D eigenvalue weighted by Gasteiger charge is 2.03. The van der Waals surface area contributed by atoms with Crippen LogP contribution in [0.15, 0.2) is 76.6 Å². The van der Waals surface area contributed by atoms with Crippen LogP contribution in [0.2, 0.25) is 0 Å². The van der Waals surface area contributed by atoms with Gasteiger partial charge in [-0.05, 0) is 61.4 Å². The van der Waals surface area contributed by atoms with Gasteiger partial charge in [0.15, 0.2) is 0 Å². The summed E-state index contributed by atoms with van der Waals surface area (Å²) in [4.78, 5) is 23.9. The standard InChI is InChI=1S/C14H16ClNO2.C11H11NO/c1-2-16-8-6-11-4-5-12(18-9-3-7-15)10-13(11)14(16)17;1-2-12-8-7-9-5-3-4-6-10(9)11(12)13/h4-6,8,10H,2-3,7,9H2,1H3;3-8H,2H2,1H3. The first-order chi connectivity index (χ1) is 15.1. The van der Waals surface area contributed by atoms with Crippen LogP contribution in [0.3, 0.4) is 0 Å². The molecule has 5 nitrogen and oxygen atoms in total. The van der Waals surface area contributed by atoms with Crippen LogP contribution in [0.1, 0.15) is 20.3 Å². The Morgan fingerprint density at radius 2 is 1.42 bits per heavy atom. The van der Waals surface area contributed by atoms with Gasteiger partial charge in [-0.1, -0.05) is 24.3 Å². The van der Waals surface area contributed by atoms with E-state index in [1.54, 1.807) is 15.2 Å². The van der Waals surface area contributed by atoms with Crippen molar-refractivity contribution in [3.63, 3.8) is 0 Å². The number of hydrogen-bond donors (Lipinski definition) is 0. The van der Waals surface area contributed by atoms with E-state index in [0.29, 0.717) is 24.4 Å². The van der Waals surface area contributed by atoms with Crippen molar-refractivity contribution in [2.45, 2.75) is 33.4 Å². The molecule has 4 aromatic rings. The molecule has 0 fully saturated rings. The van der Waals surface area contributed by atoms with Crippen LogP contribution in [-0.2, 0) is 13.1 Å². The molecule has 0 saturated heterocycles. The zero-order valence-corrected chi connectivity index (χ0v) is 18.6. The van der Waals surface area contributed by atoms with Crippen molar-refractivity contribution in [2.24, 2.45) is 0 Å². The first kappa shape index (κ1) is 22.6. The Kier molecular flexibility index (Phi) is 7.90. The average molecular weight is 439 g/mol. The maximum Gasteiger partial charge on any atom is 0.258 e. The molecule has 0 aliphatic rings. The molecular formula is C25H27ClN2O3. The topological polar surface area (TPSA) is 53.2 Å². The van der Waals surface area contributed by atoms with Gasteiger partial charge in [-0.25, -0.2) is 0 Å². The molecule has 0 aliphatic carbocycles. The van der Waals surface area contributed by atoms with Crippen molar-refractivity contribution in [3.05, 3.63) is 87.7 Å². The predicted molar refractivity (Wildman–Crippen MR) is 129 cm³/mol. The fourth-order valence-electron chi connectivity index (χ4n) is 3.32. The summed E-state index contributed by atoms with van der Waals surface area (Å²) in [6.45, 7) is 5.89. The van der Waals surface area contributed by atoms with E-state index in [4.69, 9.17) is 16.3 Å². The monoisotopic (exact) mass is 438 g/mol. The Bertz CT molecular complexity index is 1280. The third-order valence-corrected chi connectivity index (χ3v) is 5.33. The van der Waals surface area contributed by atoms with Crippen molar-refractivity contribution in [2.75, 3.05) is 12.5 Å². The summed E-state index contributed by atoms with van der Waals surface area (Å²) < 4.78 is 8.95. The van der Waals surface area contributed by atoms with Crippen LogP contribution in [0.5, 0.6) is 5.75 Å². The summed E-state index contributed by atoms with van der Waals surface area (Å²) in [6.07, 6.45) is 4.46. The van der Waals surface area contributed by atoms with Crippen LogP contribution >= 0.6 is 11.6 Å². The molecule has 0 radical (unpaired) electrons. The number of benzene rings is 2. The lowest BCUT2D eigenvalue weighted by atomic mass is 10.1. The largest absolute Gasteiger partial charge is 0.494 e. The first-order valence-corrected chi connectivity index (χ1v) is 11.0. The molecule has 2 heterocycles. The molecule has 6 heteroatoms. The van der Waals surface area contributed by atoms with Gasteiger partial charge in [0.25, 0.3) is 11.1 Å². The van der Waals surface area contributed by atoms with Gasteiger partial charge in [-0.2, -0.15) is 0 Å². The zero-order valence-electron chi connectivity index (χ0n) is 17.9. The summed E-state index contributed by atoms with van der Waals surface area (Å²) in [5.74, 6) is 1.30. The van der Waals surface area contributed by atoms with E-state index in [9.17, 15) is 9.59 Å². The van der Waals surface area contributed by atoms with Crippen molar-refractivity contribution >= 4 is 33.1 Å². The molecule has 4 rings (SSSR count). The molecule has 0 spiro atoms. The molecule has 0 atom stereocenters. The normalized spacial score (nSPS) is 10.7. The van der Waals surface area contributed by atoms with Crippen LogP contribution in [-0.4, -0.2) is 21.6 Å². The summed E-state index contributed by atoms with van der Waals surface area (Å²) in [7, 11) is 0. The van der Waals surface area contributed by atoms with Crippen LogP contribution in [0.4, 0.5) is 0 Å². The van der Waals surface area contributed by atoms with Gasteiger partial charge in [0.05, 0.1) is 12.0 Å². The van der Waals surface area contributed by atoms with Crippen molar-refractivity contribution < 1.29 is 4.74 Å². The molecule has 162 valence electrons. The number of aryl methyl sites for hydroxylation is 2. The number of aromatic nitrogens is 2. The van der Waals surface area contributed by atoms with Gasteiger partial charge < -0.3 is 13.9 Å². The summed E-state index contributed by atoms with van der Waals surface area (Å²) >= 11 is 5.59. The first-order valence-electron chi connectivity index (χ1n) is 10.5. The second kappa shape index (κ2) is 10.8. The number of fused-ring (bicyclic) bond motifs is 2. The van der Waals surface area contributed by atoms with E-state index in [1.165, 1.54) is 0 Å². The summed E-state index contributed by atoms with van der Waals surface area (Å²) in [6, 6.07) is 17.2. The molecular weight excluding hydrogens is 412 g/mol. The minimum Gasteiger partial charge on any atom is -0.494 e. The zero-order chi connectivity index (χ0) is 22.2. The number of pyridine rings is 2. The lowest BCUT2D eigenvalue weighted by Gasteiger charge is -2.07. The Morgan fingerprint density at radius 3 is 2.06 bits per heavy atom. The molecule has 0 bridgehead atoms. The number of nitrogens with zero attached hydrogens (tertiary/aromatic N) is 2. The molecule has 0 saturated carbocycles. The van der Waals surface area contributed by atoms with Crippen LogP contribution in [0, 0.1) is 0 Å². The summed E-state index contributed by atoms with van der Waals surface area (Å²) in [5, 5.41) is 3.45. The quantitative estimate of drug-likeness (QED) is 0.312. The van der Waals surface area contributed by atoms with Gasteiger partial charge >= 0.3 is 0 Å². The Balaban J connectivity index is 0.000000185. The van der Waals surface area contributed by atoms with E-state index in [0.717, 1.165) is 34.9 Å². The Morgan fingerprint density at radius 1 is 0.806 bits per heavy atom. The molecule has 2 aromatic carbocycles. The number of hydrogen-bond acceptors (Lipinski definition) is 3. The third-order valence-electron chi connectivity index (χ3n) is 5.06. The Labute approximate surface area is 186 Å². The predicted octanol–water partition coefficient (Wildman–Crippen LogP) is 5.05. The van der Waals surface area contributed by atoms with E-state index in [1.807, 2.05) is 74.8 Å². The van der Waals surface area contributed by atoms with Crippen LogP contribution in [0.25, 0.3) is 21.5 Å². The van der Waals surface area contributed by atoms with E-state index in [2.05, 4.69) is 0 Å². The summed E-state index contributed by atoms with van der Waals surface area (Å²) in [5.41, 5.74) is 0.124. The average Bonchev–Trinajstić information content (AvgIpc) is 2.81. The fraction of sp³-hybridized carbons (Fsp3) is 0.280.